The Labute approximate surface area is 158 Å². The number of carbonyl (C=O) groups is 2. The molecule has 0 atom stereocenters. The van der Waals surface area contributed by atoms with Crippen molar-refractivity contribution in [3.05, 3.63) is 59.7 Å². The number of benzene rings is 2. The maximum Gasteiger partial charge on any atom is 0.407 e. The third kappa shape index (κ3) is 4.65. The van der Waals surface area contributed by atoms with Gasteiger partial charge in [0, 0.05) is 12.5 Å². The van der Waals surface area contributed by atoms with E-state index in [1.165, 1.54) is 11.1 Å². The van der Waals surface area contributed by atoms with Crippen molar-refractivity contribution in [2.45, 2.75) is 19.3 Å². The van der Waals surface area contributed by atoms with Gasteiger partial charge in [-0.15, -0.1) is 0 Å². The van der Waals surface area contributed by atoms with E-state index in [1.807, 2.05) is 31.2 Å². The van der Waals surface area contributed by atoms with Crippen molar-refractivity contribution in [2.75, 3.05) is 26.5 Å². The molecule has 0 radical (unpaired) electrons. The van der Waals surface area contributed by atoms with Crippen molar-refractivity contribution in [1.82, 2.24) is 10.6 Å². The van der Waals surface area contributed by atoms with E-state index in [4.69, 9.17) is 9.47 Å². The topological polar surface area (TPSA) is 76.7 Å². The second kappa shape index (κ2) is 9.19. The first-order valence-corrected chi connectivity index (χ1v) is 9.14. The highest BCUT2D eigenvalue weighted by Crippen LogP contribution is 2.44. The van der Waals surface area contributed by atoms with Crippen LogP contribution in [0.5, 0.6) is 0 Å². The second-order valence-corrected chi connectivity index (χ2v) is 6.33. The zero-order valence-electron chi connectivity index (χ0n) is 15.4. The van der Waals surface area contributed by atoms with Crippen LogP contribution in [0.2, 0.25) is 0 Å². The Bertz CT molecular complexity index is 761. The Hall–Kier alpha value is -2.86. The number of hydrogen-bond donors (Lipinski definition) is 2. The molecule has 0 aliphatic heterocycles. The summed E-state index contributed by atoms with van der Waals surface area (Å²) in [5, 5.41) is 5.03. The minimum atomic E-state index is -0.610. The van der Waals surface area contributed by atoms with Crippen LogP contribution in [0.15, 0.2) is 48.5 Å². The van der Waals surface area contributed by atoms with Gasteiger partial charge in [-0.05, 0) is 28.7 Å². The van der Waals surface area contributed by atoms with Crippen molar-refractivity contribution in [3.8, 4) is 11.1 Å². The molecule has 142 valence electrons. The minimum absolute atomic E-state index is 0.000537. The van der Waals surface area contributed by atoms with E-state index in [0.717, 1.165) is 17.5 Å². The van der Waals surface area contributed by atoms with Crippen molar-refractivity contribution >= 4 is 12.0 Å². The summed E-state index contributed by atoms with van der Waals surface area (Å²) in [6, 6.07) is 16.3. The number of alkyl carbamates (subject to hydrolysis) is 1. The molecule has 0 aromatic heterocycles. The van der Waals surface area contributed by atoms with Gasteiger partial charge < -0.3 is 20.1 Å². The van der Waals surface area contributed by atoms with E-state index in [2.05, 4.69) is 34.9 Å². The highest BCUT2D eigenvalue weighted by Gasteiger charge is 2.28. The monoisotopic (exact) mass is 368 g/mol. The Balaban J connectivity index is 1.50. The lowest BCUT2D eigenvalue weighted by atomic mass is 9.98. The molecule has 0 spiro atoms. The van der Waals surface area contributed by atoms with Gasteiger partial charge in [0.1, 0.15) is 19.9 Å². The molecule has 2 N–H and O–H groups in total. The Kier molecular flexibility index (Phi) is 6.44. The Morgan fingerprint density at radius 2 is 1.59 bits per heavy atom. The van der Waals surface area contributed by atoms with Crippen LogP contribution in [-0.2, 0) is 14.3 Å². The van der Waals surface area contributed by atoms with Gasteiger partial charge in [-0.2, -0.15) is 0 Å². The van der Waals surface area contributed by atoms with Gasteiger partial charge in [0.15, 0.2) is 0 Å². The number of fused-ring (bicyclic) bond motifs is 3. The fraction of sp³-hybridized carbons (Fsp3) is 0.333. The van der Waals surface area contributed by atoms with Crippen LogP contribution < -0.4 is 10.6 Å². The fourth-order valence-electron chi connectivity index (χ4n) is 3.21. The molecule has 0 fully saturated rings. The Morgan fingerprint density at radius 3 is 2.22 bits per heavy atom. The van der Waals surface area contributed by atoms with Crippen LogP contribution in [0.1, 0.15) is 30.4 Å². The third-order valence-electron chi connectivity index (χ3n) is 4.46. The lowest BCUT2D eigenvalue weighted by Gasteiger charge is -2.14. The summed E-state index contributed by atoms with van der Waals surface area (Å²) in [5.41, 5.74) is 4.65. The first-order chi connectivity index (χ1) is 13.2. The number of ether oxygens (including phenoxy) is 2. The predicted octanol–water partition coefficient (Wildman–Crippen LogP) is 3.03. The van der Waals surface area contributed by atoms with Gasteiger partial charge in [-0.3, -0.25) is 4.79 Å². The summed E-state index contributed by atoms with van der Waals surface area (Å²) in [6.45, 7) is 2.78. The highest BCUT2D eigenvalue weighted by atomic mass is 16.5. The zero-order valence-corrected chi connectivity index (χ0v) is 15.4. The molecule has 2 aromatic rings. The van der Waals surface area contributed by atoms with Crippen LogP contribution in [0, 0.1) is 0 Å². The van der Waals surface area contributed by atoms with Gasteiger partial charge in [0.25, 0.3) is 0 Å². The van der Waals surface area contributed by atoms with E-state index < -0.39 is 6.09 Å². The average Bonchev–Trinajstić information content (AvgIpc) is 3.02. The van der Waals surface area contributed by atoms with Crippen molar-refractivity contribution in [1.29, 1.82) is 0 Å². The molecule has 0 bridgehead atoms. The Morgan fingerprint density at radius 1 is 0.963 bits per heavy atom. The number of rotatable bonds is 8. The van der Waals surface area contributed by atoms with E-state index >= 15 is 0 Å². The summed E-state index contributed by atoms with van der Waals surface area (Å²) in [7, 11) is 0. The van der Waals surface area contributed by atoms with E-state index in [1.54, 1.807) is 0 Å². The lowest BCUT2D eigenvalue weighted by molar-refractivity contribution is -0.121. The van der Waals surface area contributed by atoms with Gasteiger partial charge in [0.05, 0.1) is 0 Å². The molecule has 1 aliphatic carbocycles. The molecule has 0 saturated heterocycles. The molecule has 6 nitrogen and oxygen atoms in total. The zero-order chi connectivity index (χ0) is 19.1. The predicted molar refractivity (Wildman–Crippen MR) is 102 cm³/mol. The first-order valence-electron chi connectivity index (χ1n) is 9.14. The van der Waals surface area contributed by atoms with Gasteiger partial charge in [-0.1, -0.05) is 55.5 Å². The SMILES string of the molecule is CCCOCNC(=O)CNC(=O)OCC1c2ccccc2-c2ccccc21. The van der Waals surface area contributed by atoms with Crippen LogP contribution in [0.25, 0.3) is 11.1 Å². The number of nitrogens with one attached hydrogen (secondary N) is 2. The summed E-state index contributed by atoms with van der Waals surface area (Å²) in [6.07, 6.45) is 0.273. The van der Waals surface area contributed by atoms with Crippen LogP contribution in [-0.4, -0.2) is 38.5 Å². The highest BCUT2D eigenvalue weighted by molar-refractivity contribution is 5.82. The van der Waals surface area contributed by atoms with Crippen molar-refractivity contribution < 1.29 is 19.1 Å². The van der Waals surface area contributed by atoms with Gasteiger partial charge in [-0.25, -0.2) is 4.79 Å². The molecule has 0 saturated carbocycles. The molecule has 2 amide bonds. The summed E-state index contributed by atoms with van der Waals surface area (Å²) in [4.78, 5) is 23.6. The maximum absolute atomic E-state index is 12.0. The van der Waals surface area contributed by atoms with E-state index in [9.17, 15) is 9.59 Å². The smallest absolute Gasteiger partial charge is 0.407 e. The van der Waals surface area contributed by atoms with E-state index in [-0.39, 0.29) is 31.7 Å². The van der Waals surface area contributed by atoms with Crippen molar-refractivity contribution in [3.63, 3.8) is 0 Å². The molecule has 2 aromatic carbocycles. The third-order valence-corrected chi connectivity index (χ3v) is 4.46. The van der Waals surface area contributed by atoms with Crippen LogP contribution in [0.3, 0.4) is 0 Å². The molecule has 3 rings (SSSR count). The summed E-state index contributed by atoms with van der Waals surface area (Å²) >= 11 is 0. The summed E-state index contributed by atoms with van der Waals surface area (Å²) < 4.78 is 10.5. The first kappa shape index (κ1) is 18.9. The molecule has 6 heteroatoms. The largest absolute Gasteiger partial charge is 0.449 e. The number of hydrogen-bond acceptors (Lipinski definition) is 4. The van der Waals surface area contributed by atoms with Gasteiger partial charge in [0.2, 0.25) is 5.91 Å². The molecule has 0 heterocycles. The fourth-order valence-corrected chi connectivity index (χ4v) is 3.21. The quantitative estimate of drug-likeness (QED) is 0.555. The number of carbonyl (C=O) groups excluding carboxylic acids is 2. The molecule has 0 unspecified atom stereocenters. The summed E-state index contributed by atoms with van der Waals surface area (Å²) in [5.74, 6) is -0.320. The molecular formula is C21H24N2O4. The standard InChI is InChI=1S/C21H24N2O4/c1-2-11-26-14-23-20(24)12-22-21(25)27-13-19-17-9-5-3-7-15(17)16-8-4-6-10-18(16)19/h3-10,19H,2,11-14H2,1H3,(H,22,25)(H,23,24). The number of amides is 2. The van der Waals surface area contributed by atoms with Gasteiger partial charge >= 0.3 is 6.09 Å². The van der Waals surface area contributed by atoms with Crippen LogP contribution >= 0.6 is 0 Å². The maximum atomic E-state index is 12.0. The molecule has 27 heavy (non-hydrogen) atoms. The molecule has 1 aliphatic rings. The van der Waals surface area contributed by atoms with E-state index in [0.29, 0.717) is 6.61 Å². The second-order valence-electron chi connectivity index (χ2n) is 6.33. The molecular weight excluding hydrogens is 344 g/mol. The average molecular weight is 368 g/mol. The minimum Gasteiger partial charge on any atom is -0.449 e. The van der Waals surface area contributed by atoms with Crippen molar-refractivity contribution in [2.24, 2.45) is 0 Å². The van der Waals surface area contributed by atoms with Crippen LogP contribution in [0.4, 0.5) is 4.79 Å². The normalized spacial score (nSPS) is 12.2. The lowest BCUT2D eigenvalue weighted by Crippen LogP contribution is -2.38.